The minimum atomic E-state index is -1.12. The van der Waals surface area contributed by atoms with Crippen LogP contribution in [0.15, 0.2) is 0 Å². The van der Waals surface area contributed by atoms with Crippen LogP contribution in [0.4, 0.5) is 4.79 Å². The van der Waals surface area contributed by atoms with E-state index < -0.39 is 18.6 Å². The average molecular weight is 216 g/mol. The monoisotopic (exact) mass is 216 g/mol. The number of carboxylic acid groups (broad SMARTS) is 1. The van der Waals surface area contributed by atoms with E-state index in [0.717, 1.165) is 12.8 Å². The van der Waals surface area contributed by atoms with Crippen molar-refractivity contribution in [2.45, 2.75) is 26.2 Å². The Morgan fingerprint density at radius 2 is 2.13 bits per heavy atom. The summed E-state index contributed by atoms with van der Waals surface area (Å²) in [7, 11) is 0. The van der Waals surface area contributed by atoms with Gasteiger partial charge in [0.05, 0.1) is 0 Å². The first-order valence-electron chi connectivity index (χ1n) is 4.89. The van der Waals surface area contributed by atoms with Crippen molar-refractivity contribution in [2.75, 3.05) is 13.2 Å². The number of carboxylic acids is 1. The van der Waals surface area contributed by atoms with Crippen LogP contribution in [0.5, 0.6) is 0 Å². The maximum Gasteiger partial charge on any atom is 0.338 e. The van der Waals surface area contributed by atoms with Crippen LogP contribution in [0.1, 0.15) is 26.2 Å². The molecule has 0 heterocycles. The van der Waals surface area contributed by atoms with Crippen molar-refractivity contribution < 1.29 is 19.5 Å². The molecular weight excluding hydrogens is 200 g/mol. The highest BCUT2D eigenvalue weighted by Crippen LogP contribution is 2.39. The molecule has 0 aliphatic heterocycles. The van der Waals surface area contributed by atoms with E-state index in [1.807, 2.05) is 5.48 Å². The van der Waals surface area contributed by atoms with Gasteiger partial charge in [0, 0.05) is 6.54 Å². The summed E-state index contributed by atoms with van der Waals surface area (Å²) in [6.45, 7) is 2.16. The molecule has 1 fully saturated rings. The van der Waals surface area contributed by atoms with Gasteiger partial charge in [-0.25, -0.2) is 15.1 Å². The molecule has 0 bridgehead atoms. The van der Waals surface area contributed by atoms with E-state index >= 15 is 0 Å². The molecule has 0 radical (unpaired) electrons. The number of nitrogens with one attached hydrogen (secondary N) is 2. The fraction of sp³-hybridized carbons (Fsp3) is 0.778. The van der Waals surface area contributed by atoms with Gasteiger partial charge in [0.15, 0.2) is 6.61 Å². The molecule has 0 aromatic carbocycles. The summed E-state index contributed by atoms with van der Waals surface area (Å²) >= 11 is 0. The number of carbonyl (C=O) groups excluding carboxylic acids is 1. The first kappa shape index (κ1) is 11.8. The second kappa shape index (κ2) is 4.97. The van der Waals surface area contributed by atoms with E-state index in [2.05, 4.69) is 17.1 Å². The molecule has 6 nitrogen and oxygen atoms in total. The van der Waals surface area contributed by atoms with Crippen molar-refractivity contribution >= 4 is 12.0 Å². The second-order valence-corrected chi connectivity index (χ2v) is 4.13. The molecule has 86 valence electrons. The quantitative estimate of drug-likeness (QED) is 0.584. The molecule has 15 heavy (non-hydrogen) atoms. The summed E-state index contributed by atoms with van der Waals surface area (Å²) in [5.41, 5.74) is 2.20. The van der Waals surface area contributed by atoms with Crippen LogP contribution in [0.3, 0.4) is 0 Å². The summed E-state index contributed by atoms with van der Waals surface area (Å²) in [5, 5.41) is 10.9. The first-order valence-corrected chi connectivity index (χ1v) is 4.89. The number of hydrogen-bond donors (Lipinski definition) is 3. The van der Waals surface area contributed by atoms with Crippen molar-refractivity contribution in [3.05, 3.63) is 0 Å². The first-order chi connectivity index (χ1) is 7.02. The van der Waals surface area contributed by atoms with Crippen LogP contribution in [0.25, 0.3) is 0 Å². The van der Waals surface area contributed by atoms with Gasteiger partial charge in [-0.05, 0) is 18.3 Å². The maximum absolute atomic E-state index is 11.1. The summed E-state index contributed by atoms with van der Waals surface area (Å²) in [6.07, 6.45) is 3.43. The highest BCUT2D eigenvalue weighted by molar-refractivity contribution is 5.73. The van der Waals surface area contributed by atoms with Gasteiger partial charge >= 0.3 is 12.0 Å². The molecule has 1 aliphatic rings. The zero-order valence-corrected chi connectivity index (χ0v) is 8.71. The Labute approximate surface area is 87.9 Å². The standard InChI is InChI=1S/C9H16N2O4/c1-9(3-2-4-9)6-10-8(14)11-15-5-7(12)13/h2-6H2,1H3,(H,12,13)(H2,10,11,14). The number of aliphatic carboxylic acids is 1. The third-order valence-corrected chi connectivity index (χ3v) is 2.60. The number of amides is 2. The number of rotatable bonds is 5. The number of hydrogen-bond acceptors (Lipinski definition) is 3. The van der Waals surface area contributed by atoms with Crippen LogP contribution in [-0.2, 0) is 9.63 Å². The molecule has 0 spiro atoms. The van der Waals surface area contributed by atoms with E-state index in [-0.39, 0.29) is 5.41 Å². The predicted molar refractivity (Wildman–Crippen MR) is 52.1 cm³/mol. The molecule has 0 atom stereocenters. The molecule has 1 aliphatic carbocycles. The Kier molecular flexibility index (Phi) is 3.90. The zero-order chi connectivity index (χ0) is 11.3. The molecule has 0 aromatic heterocycles. The Bertz CT molecular complexity index is 250. The van der Waals surface area contributed by atoms with Gasteiger partial charge in [0.1, 0.15) is 0 Å². The average Bonchev–Trinajstić information content (AvgIpc) is 2.11. The molecule has 1 rings (SSSR count). The van der Waals surface area contributed by atoms with Gasteiger partial charge in [-0.15, -0.1) is 0 Å². The minimum absolute atomic E-state index is 0.199. The molecular formula is C9H16N2O4. The molecule has 0 saturated heterocycles. The third-order valence-electron chi connectivity index (χ3n) is 2.60. The highest BCUT2D eigenvalue weighted by atomic mass is 16.7. The van der Waals surface area contributed by atoms with Crippen LogP contribution >= 0.6 is 0 Å². The van der Waals surface area contributed by atoms with Gasteiger partial charge in [-0.1, -0.05) is 13.3 Å². The predicted octanol–water partition coefficient (Wildman–Crippen LogP) is 0.492. The molecule has 0 aromatic rings. The maximum atomic E-state index is 11.1. The topological polar surface area (TPSA) is 87.7 Å². The SMILES string of the molecule is CC1(CNC(=O)NOCC(=O)O)CCC1. The molecule has 2 amide bonds. The number of hydroxylamine groups is 1. The van der Waals surface area contributed by atoms with Gasteiger partial charge < -0.3 is 10.4 Å². The summed E-state index contributed by atoms with van der Waals surface area (Å²) in [5.74, 6) is -1.12. The van der Waals surface area contributed by atoms with E-state index in [1.165, 1.54) is 6.42 Å². The van der Waals surface area contributed by atoms with Gasteiger partial charge in [-0.3, -0.25) is 4.84 Å². The van der Waals surface area contributed by atoms with E-state index in [0.29, 0.717) is 6.54 Å². The van der Waals surface area contributed by atoms with Crippen LogP contribution in [0.2, 0.25) is 0 Å². The fourth-order valence-corrected chi connectivity index (χ4v) is 1.45. The Hall–Kier alpha value is -1.30. The van der Waals surface area contributed by atoms with Crippen LogP contribution in [0, 0.1) is 5.41 Å². The van der Waals surface area contributed by atoms with Crippen molar-refractivity contribution in [2.24, 2.45) is 5.41 Å². The smallest absolute Gasteiger partial charge is 0.338 e. The van der Waals surface area contributed by atoms with Gasteiger partial charge in [0.25, 0.3) is 0 Å². The normalized spacial score (nSPS) is 17.7. The van der Waals surface area contributed by atoms with Crippen LogP contribution in [-0.4, -0.2) is 30.3 Å². The number of carbonyl (C=O) groups is 2. The molecule has 6 heteroatoms. The van der Waals surface area contributed by atoms with Crippen molar-refractivity contribution in [3.8, 4) is 0 Å². The summed E-state index contributed by atoms with van der Waals surface area (Å²) < 4.78 is 0. The lowest BCUT2D eigenvalue weighted by atomic mass is 9.70. The van der Waals surface area contributed by atoms with Crippen molar-refractivity contribution in [1.82, 2.24) is 10.8 Å². The molecule has 0 unspecified atom stereocenters. The largest absolute Gasteiger partial charge is 0.479 e. The molecule has 3 N–H and O–H groups in total. The Morgan fingerprint density at radius 3 is 2.60 bits per heavy atom. The van der Waals surface area contributed by atoms with E-state index in [9.17, 15) is 9.59 Å². The molecule has 1 saturated carbocycles. The van der Waals surface area contributed by atoms with Gasteiger partial charge in [-0.2, -0.15) is 0 Å². The van der Waals surface area contributed by atoms with E-state index in [4.69, 9.17) is 5.11 Å². The third kappa shape index (κ3) is 4.16. The Balaban J connectivity index is 2.05. The summed E-state index contributed by atoms with van der Waals surface area (Å²) in [6, 6.07) is -0.496. The lowest BCUT2D eigenvalue weighted by Crippen LogP contribution is -2.44. The lowest BCUT2D eigenvalue weighted by Gasteiger charge is -2.38. The minimum Gasteiger partial charge on any atom is -0.479 e. The summed E-state index contributed by atoms with van der Waals surface area (Å²) in [4.78, 5) is 25.5. The van der Waals surface area contributed by atoms with Crippen LogP contribution < -0.4 is 10.8 Å². The van der Waals surface area contributed by atoms with Gasteiger partial charge in [0.2, 0.25) is 0 Å². The second-order valence-electron chi connectivity index (χ2n) is 4.13. The van der Waals surface area contributed by atoms with Crippen molar-refractivity contribution in [3.63, 3.8) is 0 Å². The van der Waals surface area contributed by atoms with Crippen molar-refractivity contribution in [1.29, 1.82) is 0 Å². The fourth-order valence-electron chi connectivity index (χ4n) is 1.45. The highest BCUT2D eigenvalue weighted by Gasteiger charge is 2.31. The zero-order valence-electron chi connectivity index (χ0n) is 8.71. The Morgan fingerprint density at radius 1 is 1.47 bits per heavy atom. The van der Waals surface area contributed by atoms with E-state index in [1.54, 1.807) is 0 Å². The number of urea groups is 1. The lowest BCUT2D eigenvalue weighted by molar-refractivity contribution is -0.144.